The van der Waals surface area contributed by atoms with E-state index in [4.69, 9.17) is 15.2 Å². The molecule has 0 radical (unpaired) electrons. The van der Waals surface area contributed by atoms with E-state index in [1.807, 2.05) is 0 Å². The lowest BCUT2D eigenvalue weighted by molar-refractivity contribution is 0.0463. The minimum absolute atomic E-state index is 0. The first-order chi connectivity index (χ1) is 9.12. The molecule has 0 spiro atoms. The minimum atomic E-state index is -0.385. The molecule has 0 heterocycles. The maximum absolute atomic E-state index is 11.9. The van der Waals surface area contributed by atoms with Crippen LogP contribution in [0, 0.1) is 0 Å². The highest BCUT2D eigenvalue weighted by atomic mass is 35.5. The fourth-order valence-corrected chi connectivity index (χ4v) is 1.76. The predicted octanol–water partition coefficient (Wildman–Crippen LogP) is 2.20. The van der Waals surface area contributed by atoms with Crippen molar-refractivity contribution in [3.8, 4) is 5.75 Å². The van der Waals surface area contributed by atoms with Crippen LogP contribution in [0.25, 0.3) is 0 Å². The number of nitrogens with two attached hydrogens (primary N) is 1. The van der Waals surface area contributed by atoms with E-state index >= 15 is 0 Å². The Bertz CT molecular complexity index is 423. The van der Waals surface area contributed by atoms with Gasteiger partial charge in [-0.25, -0.2) is 4.79 Å². The molecule has 20 heavy (non-hydrogen) atoms. The van der Waals surface area contributed by atoms with Crippen molar-refractivity contribution >= 4 is 24.1 Å². The topological polar surface area (TPSA) is 64.8 Å². The lowest BCUT2D eigenvalue weighted by Gasteiger charge is -2.17. The van der Waals surface area contributed by atoms with Crippen molar-refractivity contribution < 1.29 is 14.3 Å². The number of benzene rings is 1. The van der Waals surface area contributed by atoms with Gasteiger partial charge in [-0.05, 0) is 25.2 Å². The molecule has 0 atom stereocenters. The van der Waals surface area contributed by atoms with Gasteiger partial charge >= 0.3 is 5.97 Å². The summed E-state index contributed by atoms with van der Waals surface area (Å²) in [5.41, 5.74) is 6.59. The summed E-state index contributed by atoms with van der Waals surface area (Å²) >= 11 is 0. The van der Waals surface area contributed by atoms with Crippen molar-refractivity contribution in [3.63, 3.8) is 0 Å². The molecule has 0 bridgehead atoms. The molecule has 0 saturated heterocycles. The number of anilines is 1. The van der Waals surface area contributed by atoms with E-state index < -0.39 is 0 Å². The van der Waals surface area contributed by atoms with Crippen LogP contribution in [0.2, 0.25) is 0 Å². The molecule has 114 valence electrons. The number of rotatable bonds is 7. The monoisotopic (exact) mass is 302 g/mol. The molecule has 1 aromatic rings. The highest BCUT2D eigenvalue weighted by molar-refractivity contribution is 5.93. The fourth-order valence-electron chi connectivity index (χ4n) is 1.76. The van der Waals surface area contributed by atoms with Gasteiger partial charge in [0.2, 0.25) is 0 Å². The van der Waals surface area contributed by atoms with E-state index in [2.05, 4.69) is 18.7 Å². The number of halogens is 1. The molecule has 0 aliphatic rings. The van der Waals surface area contributed by atoms with Gasteiger partial charge in [0.25, 0.3) is 0 Å². The van der Waals surface area contributed by atoms with Gasteiger partial charge in [-0.2, -0.15) is 0 Å². The number of hydrogen-bond donors (Lipinski definition) is 1. The van der Waals surface area contributed by atoms with Crippen molar-refractivity contribution in [1.29, 1.82) is 0 Å². The molecule has 0 fully saturated rings. The molecule has 1 aromatic carbocycles. The van der Waals surface area contributed by atoms with Crippen LogP contribution in [0.1, 0.15) is 24.2 Å². The maximum atomic E-state index is 11.9. The van der Waals surface area contributed by atoms with Gasteiger partial charge in [-0.3, -0.25) is 0 Å². The maximum Gasteiger partial charge on any atom is 0.341 e. The Balaban J connectivity index is 0.00000361. The van der Waals surface area contributed by atoms with Gasteiger partial charge in [-0.1, -0.05) is 13.8 Å². The summed E-state index contributed by atoms with van der Waals surface area (Å²) in [4.78, 5) is 14.1. The summed E-state index contributed by atoms with van der Waals surface area (Å²) in [6.45, 7) is 7.14. The summed E-state index contributed by atoms with van der Waals surface area (Å²) in [5.74, 6) is 0.0526. The number of carbonyl (C=O) groups excluding carboxylic acids is 1. The van der Waals surface area contributed by atoms with Crippen molar-refractivity contribution in [2.24, 2.45) is 0 Å². The highest BCUT2D eigenvalue weighted by Gasteiger charge is 2.14. The van der Waals surface area contributed by atoms with Crippen LogP contribution in [0.15, 0.2) is 18.2 Å². The summed E-state index contributed by atoms with van der Waals surface area (Å²) in [5, 5.41) is 0. The average molecular weight is 303 g/mol. The van der Waals surface area contributed by atoms with Crippen LogP contribution in [-0.2, 0) is 4.74 Å². The quantitative estimate of drug-likeness (QED) is 0.618. The van der Waals surface area contributed by atoms with Gasteiger partial charge in [0.05, 0.1) is 7.11 Å². The van der Waals surface area contributed by atoms with E-state index in [-0.39, 0.29) is 18.4 Å². The van der Waals surface area contributed by atoms with Gasteiger partial charge in [0, 0.05) is 18.3 Å². The van der Waals surface area contributed by atoms with Crippen LogP contribution in [0.4, 0.5) is 5.69 Å². The number of ether oxygens (including phenoxy) is 2. The average Bonchev–Trinajstić information content (AvgIpc) is 2.43. The van der Waals surface area contributed by atoms with Crippen LogP contribution >= 0.6 is 12.4 Å². The van der Waals surface area contributed by atoms with Crippen LogP contribution < -0.4 is 10.5 Å². The van der Waals surface area contributed by atoms with Crippen LogP contribution in [0.5, 0.6) is 5.75 Å². The molecule has 0 aromatic heterocycles. The van der Waals surface area contributed by atoms with Crippen molar-refractivity contribution in [1.82, 2.24) is 4.90 Å². The predicted molar refractivity (Wildman–Crippen MR) is 82.7 cm³/mol. The number of nitrogen functional groups attached to an aromatic ring is 1. The Morgan fingerprint density at radius 2 is 1.95 bits per heavy atom. The SMILES string of the molecule is CCN(CC)CCOC(=O)c1ccc(N)cc1OC.Cl. The molecule has 5 nitrogen and oxygen atoms in total. The van der Waals surface area contributed by atoms with E-state index in [9.17, 15) is 4.79 Å². The molecule has 0 aliphatic carbocycles. The Morgan fingerprint density at radius 3 is 2.50 bits per heavy atom. The second-order valence-corrected chi connectivity index (χ2v) is 4.12. The van der Waals surface area contributed by atoms with Gasteiger partial charge < -0.3 is 20.1 Å². The zero-order valence-corrected chi connectivity index (χ0v) is 13.0. The summed E-state index contributed by atoms with van der Waals surface area (Å²) in [6.07, 6.45) is 0. The van der Waals surface area contributed by atoms with Crippen LogP contribution in [0.3, 0.4) is 0 Å². The molecular formula is C14H23ClN2O3. The first-order valence-electron chi connectivity index (χ1n) is 6.45. The van der Waals surface area contributed by atoms with Crippen LogP contribution in [-0.4, -0.2) is 44.2 Å². The van der Waals surface area contributed by atoms with Gasteiger partial charge in [-0.15, -0.1) is 12.4 Å². The Hall–Kier alpha value is -1.46. The Labute approximate surface area is 126 Å². The highest BCUT2D eigenvalue weighted by Crippen LogP contribution is 2.22. The molecular weight excluding hydrogens is 280 g/mol. The van der Waals surface area contributed by atoms with E-state index in [1.54, 1.807) is 18.2 Å². The first kappa shape index (κ1) is 18.5. The lowest BCUT2D eigenvalue weighted by atomic mass is 10.2. The number of methoxy groups -OCH3 is 1. The number of carbonyl (C=O) groups is 1. The lowest BCUT2D eigenvalue weighted by Crippen LogP contribution is -2.28. The zero-order valence-electron chi connectivity index (χ0n) is 12.2. The molecule has 0 unspecified atom stereocenters. The largest absolute Gasteiger partial charge is 0.496 e. The number of likely N-dealkylation sites (N-methyl/N-ethyl adjacent to an activating group) is 1. The smallest absolute Gasteiger partial charge is 0.341 e. The fraction of sp³-hybridized carbons (Fsp3) is 0.500. The summed E-state index contributed by atoms with van der Waals surface area (Å²) < 4.78 is 10.4. The van der Waals surface area contributed by atoms with Crippen molar-refractivity contribution in [3.05, 3.63) is 23.8 Å². The van der Waals surface area contributed by atoms with Crippen molar-refractivity contribution in [2.45, 2.75) is 13.8 Å². The molecule has 6 heteroatoms. The summed E-state index contributed by atoms with van der Waals surface area (Å²) in [6, 6.07) is 4.89. The normalized spacial score (nSPS) is 10.0. The molecule has 0 aliphatic heterocycles. The van der Waals surface area contributed by atoms with E-state index in [1.165, 1.54) is 7.11 Å². The molecule has 0 saturated carbocycles. The molecule has 2 N–H and O–H groups in total. The Morgan fingerprint density at radius 1 is 1.30 bits per heavy atom. The van der Waals surface area contributed by atoms with Gasteiger partial charge in [0.1, 0.15) is 17.9 Å². The third kappa shape index (κ3) is 5.27. The minimum Gasteiger partial charge on any atom is -0.496 e. The second kappa shape index (κ2) is 9.44. The zero-order chi connectivity index (χ0) is 14.3. The molecule has 1 rings (SSSR count). The Kier molecular flexibility index (Phi) is 8.76. The standard InChI is InChI=1S/C14H22N2O3.ClH/c1-4-16(5-2)8-9-19-14(17)12-7-6-11(15)10-13(12)18-3;/h6-7,10H,4-5,8-9,15H2,1-3H3;1H. The second-order valence-electron chi connectivity index (χ2n) is 4.12. The number of nitrogens with zero attached hydrogens (tertiary/aromatic N) is 1. The van der Waals surface area contributed by atoms with E-state index in [0.29, 0.717) is 23.6 Å². The number of hydrogen-bond acceptors (Lipinski definition) is 5. The van der Waals surface area contributed by atoms with Gasteiger partial charge in [0.15, 0.2) is 0 Å². The van der Waals surface area contributed by atoms with E-state index in [0.717, 1.165) is 19.6 Å². The third-order valence-electron chi connectivity index (χ3n) is 2.98. The first-order valence-corrected chi connectivity index (χ1v) is 6.45. The summed E-state index contributed by atoms with van der Waals surface area (Å²) in [7, 11) is 1.50. The molecule has 0 amide bonds. The van der Waals surface area contributed by atoms with Crippen molar-refractivity contribution in [2.75, 3.05) is 39.1 Å². The number of esters is 1. The third-order valence-corrected chi connectivity index (χ3v) is 2.98.